The zero-order valence-electron chi connectivity index (χ0n) is 41.3. The van der Waals surface area contributed by atoms with E-state index in [-0.39, 0.29) is 30.3 Å². The Balaban J connectivity index is 0.000000308. The van der Waals surface area contributed by atoms with Crippen LogP contribution in [0.1, 0.15) is 85.9 Å². The number of amides is 4. The number of hydrogen-bond donors (Lipinski definition) is 4. The highest BCUT2D eigenvalue weighted by molar-refractivity contribution is 6.15. The number of rotatable bonds is 15. The van der Waals surface area contributed by atoms with Crippen LogP contribution in [0.5, 0.6) is 11.5 Å². The third-order valence-corrected chi connectivity index (χ3v) is 12.3. The summed E-state index contributed by atoms with van der Waals surface area (Å²) in [5.74, 6) is -6.70. The van der Waals surface area contributed by atoms with Gasteiger partial charge in [0.2, 0.25) is 11.8 Å². The number of nitrogens with one attached hydrogen (secondary N) is 4. The van der Waals surface area contributed by atoms with E-state index in [2.05, 4.69) is 45.5 Å². The lowest BCUT2D eigenvalue weighted by molar-refractivity contribution is -0.219. The van der Waals surface area contributed by atoms with Crippen LogP contribution >= 0.6 is 0 Å². The summed E-state index contributed by atoms with van der Waals surface area (Å²) >= 11 is 0. The van der Waals surface area contributed by atoms with E-state index in [1.165, 1.54) is 53.3 Å². The maximum Gasteiger partial charge on any atom is 0.338 e. The standard InChI is InChI=1S/C27H26N2O7.C27H32N2O6.H2/c1-5-35-27(33)23-15-21(22(26(32)34-4)14-20(23)24(30)28-3)25(31)29-17-8-12-19(13-9-17)36-18-10-6-16(2)7-11-18;1-16-7-9-17(10-8-16)15-18-11-13-19(14-12-18)29-24(32)26(2)20(22(30)28-4)27(3,25(33)35-6)21(26)23(31)34-5;/h6-15H,5H2,1-4H3,(H,28,30)(H,29,31);7-14,20-21H,15H2,1-6H3,(H,28,30)(H,29,32);1H. The van der Waals surface area contributed by atoms with Crippen LogP contribution < -0.4 is 26.0 Å². The number of ether oxygens (including phenoxy) is 5. The van der Waals surface area contributed by atoms with Crippen LogP contribution in [0.15, 0.2) is 109 Å². The van der Waals surface area contributed by atoms with Gasteiger partial charge in [0, 0.05) is 26.9 Å². The van der Waals surface area contributed by atoms with Crippen LogP contribution in [0.25, 0.3) is 0 Å². The molecule has 71 heavy (non-hydrogen) atoms. The van der Waals surface area contributed by atoms with Crippen molar-refractivity contribution >= 4 is 58.9 Å². The predicted molar refractivity (Wildman–Crippen MR) is 265 cm³/mol. The van der Waals surface area contributed by atoms with Crippen molar-refractivity contribution in [1.82, 2.24) is 10.6 Å². The highest BCUT2D eigenvalue weighted by Crippen LogP contribution is 2.65. The van der Waals surface area contributed by atoms with Gasteiger partial charge < -0.3 is 45.0 Å². The number of esters is 4. The first-order valence-electron chi connectivity index (χ1n) is 22.5. The van der Waals surface area contributed by atoms with Gasteiger partial charge in [0.15, 0.2) is 0 Å². The Kier molecular flexibility index (Phi) is 17.6. The SMILES string of the molecule is CCOC(=O)c1cc(C(=O)Nc2ccc(Oc3ccc(C)cc3)cc2)c(C(=O)OC)cc1C(=O)NC.CNC(=O)C1C(C)(C(=O)Nc2ccc(Cc3ccc(C)cc3)cc2)C(C(=O)OC)C1(C)C(=O)OC.[HH]. The van der Waals surface area contributed by atoms with E-state index in [0.717, 1.165) is 36.8 Å². The predicted octanol–water partition coefficient (Wildman–Crippen LogP) is 7.48. The molecule has 374 valence electrons. The number of aryl methyl sites for hydroxylation is 2. The quantitative estimate of drug-likeness (QED) is 0.0590. The monoisotopic (exact) mass is 972 g/mol. The average molecular weight is 973 g/mol. The van der Waals surface area contributed by atoms with E-state index in [9.17, 15) is 38.4 Å². The van der Waals surface area contributed by atoms with E-state index in [0.29, 0.717) is 22.9 Å². The van der Waals surface area contributed by atoms with Crippen molar-refractivity contribution in [1.29, 1.82) is 0 Å². The zero-order chi connectivity index (χ0) is 52.2. The molecule has 0 radical (unpaired) electrons. The van der Waals surface area contributed by atoms with Crippen molar-refractivity contribution in [3.63, 3.8) is 0 Å². The Bertz CT molecular complexity index is 2770. The average Bonchev–Trinajstić information content (AvgIpc) is 3.37. The molecule has 0 heterocycles. The van der Waals surface area contributed by atoms with Crippen molar-refractivity contribution in [2.45, 2.75) is 41.0 Å². The molecular weight excluding hydrogens is 913 g/mol. The highest BCUT2D eigenvalue weighted by atomic mass is 16.5. The molecule has 4 atom stereocenters. The van der Waals surface area contributed by atoms with Crippen molar-refractivity contribution < 1.29 is 63.5 Å². The second kappa shape index (κ2) is 23.3. The van der Waals surface area contributed by atoms with E-state index in [4.69, 9.17) is 23.7 Å². The van der Waals surface area contributed by atoms with Gasteiger partial charge in [0.05, 0.1) is 72.9 Å². The molecule has 0 spiro atoms. The number of anilines is 2. The third-order valence-electron chi connectivity index (χ3n) is 12.3. The molecule has 0 aliphatic heterocycles. The number of benzene rings is 5. The Morgan fingerprint density at radius 2 is 1.03 bits per heavy atom. The van der Waals surface area contributed by atoms with Crippen molar-refractivity contribution in [3.05, 3.63) is 154 Å². The van der Waals surface area contributed by atoms with Crippen LogP contribution in [-0.4, -0.2) is 89.5 Å². The topological polar surface area (TPSA) is 231 Å². The lowest BCUT2D eigenvalue weighted by Crippen LogP contribution is -2.74. The summed E-state index contributed by atoms with van der Waals surface area (Å²) < 4.78 is 25.4. The number of carbonyl (C=O) groups is 8. The summed E-state index contributed by atoms with van der Waals surface area (Å²) in [6.45, 7) is 8.64. The number of hydrogen-bond acceptors (Lipinski definition) is 13. The Morgan fingerprint density at radius 3 is 1.52 bits per heavy atom. The van der Waals surface area contributed by atoms with Crippen molar-refractivity contribution in [3.8, 4) is 11.5 Å². The molecule has 1 aliphatic carbocycles. The van der Waals surface area contributed by atoms with Crippen molar-refractivity contribution in [2.75, 3.05) is 52.7 Å². The molecule has 4 N–H and O–H groups in total. The molecule has 1 aliphatic rings. The maximum absolute atomic E-state index is 13.5. The number of carbonyl (C=O) groups excluding carboxylic acids is 8. The third kappa shape index (κ3) is 11.8. The Hall–Kier alpha value is -8.34. The molecule has 1 fully saturated rings. The second-order valence-corrected chi connectivity index (χ2v) is 17.0. The summed E-state index contributed by atoms with van der Waals surface area (Å²) in [7, 11) is 6.29. The fourth-order valence-electron chi connectivity index (χ4n) is 8.72. The molecule has 5 aromatic carbocycles. The van der Waals surface area contributed by atoms with Crippen LogP contribution in [0.3, 0.4) is 0 Å². The normalized spacial score (nSPS) is 17.5. The van der Waals surface area contributed by atoms with Gasteiger partial charge >= 0.3 is 23.9 Å². The lowest BCUT2D eigenvalue weighted by Gasteiger charge is -2.60. The molecule has 4 amide bonds. The van der Waals surface area contributed by atoms with E-state index < -0.39 is 70.2 Å². The summed E-state index contributed by atoms with van der Waals surface area (Å²) in [6, 6.07) is 32.1. The fourth-order valence-corrected chi connectivity index (χ4v) is 8.72. The van der Waals surface area contributed by atoms with Crippen LogP contribution in [0, 0.1) is 36.5 Å². The van der Waals surface area contributed by atoms with E-state index in [1.54, 1.807) is 43.3 Å². The minimum Gasteiger partial charge on any atom is -0.469 e. The lowest BCUT2D eigenvalue weighted by atomic mass is 9.39. The van der Waals surface area contributed by atoms with Crippen molar-refractivity contribution in [2.24, 2.45) is 22.7 Å². The van der Waals surface area contributed by atoms with Gasteiger partial charge in [-0.25, -0.2) is 9.59 Å². The number of methoxy groups -OCH3 is 3. The van der Waals surface area contributed by atoms with Gasteiger partial charge in [-0.2, -0.15) is 0 Å². The molecule has 17 heteroatoms. The van der Waals surface area contributed by atoms with Gasteiger partial charge in [0.1, 0.15) is 11.5 Å². The summed E-state index contributed by atoms with van der Waals surface area (Å²) in [4.78, 5) is 102. The van der Waals surface area contributed by atoms with Gasteiger partial charge in [-0.1, -0.05) is 59.7 Å². The summed E-state index contributed by atoms with van der Waals surface area (Å²) in [6.07, 6.45) is 0.743. The minimum absolute atomic E-state index is 0. The molecule has 17 nitrogen and oxygen atoms in total. The first-order chi connectivity index (χ1) is 33.8. The van der Waals surface area contributed by atoms with Crippen LogP contribution in [-0.2, 0) is 44.5 Å². The van der Waals surface area contributed by atoms with Gasteiger partial charge in [-0.15, -0.1) is 0 Å². The molecule has 4 unspecified atom stereocenters. The smallest absolute Gasteiger partial charge is 0.338 e. The summed E-state index contributed by atoms with van der Waals surface area (Å²) in [5, 5.41) is 10.4. The molecule has 5 aromatic rings. The molecule has 0 bridgehead atoms. The Morgan fingerprint density at radius 1 is 0.549 bits per heavy atom. The molecule has 6 rings (SSSR count). The van der Waals surface area contributed by atoms with Gasteiger partial charge in [-0.3, -0.25) is 28.8 Å². The molecular formula is C54H60N4O13. The van der Waals surface area contributed by atoms with Gasteiger partial charge in [-0.05, 0) is 113 Å². The first kappa shape index (κ1) is 53.6. The minimum atomic E-state index is -1.56. The van der Waals surface area contributed by atoms with Crippen LogP contribution in [0.4, 0.5) is 11.4 Å². The Labute approximate surface area is 413 Å². The van der Waals surface area contributed by atoms with E-state index in [1.807, 2.05) is 50.2 Å². The second-order valence-electron chi connectivity index (χ2n) is 17.0. The summed E-state index contributed by atoms with van der Waals surface area (Å²) in [5.41, 5.74) is 1.75. The highest BCUT2D eigenvalue weighted by Gasteiger charge is 2.78. The molecule has 0 saturated heterocycles. The fraction of sp³-hybridized carbons (Fsp3) is 0.296. The largest absolute Gasteiger partial charge is 0.469 e. The molecule has 0 aromatic heterocycles. The molecule has 1 saturated carbocycles. The van der Waals surface area contributed by atoms with Gasteiger partial charge in [0.25, 0.3) is 11.8 Å². The zero-order valence-corrected chi connectivity index (χ0v) is 41.3. The van der Waals surface area contributed by atoms with E-state index >= 15 is 0 Å². The first-order valence-corrected chi connectivity index (χ1v) is 22.5. The van der Waals surface area contributed by atoms with Crippen LogP contribution in [0.2, 0.25) is 0 Å². The maximum atomic E-state index is 13.5.